The molecule has 35 heavy (non-hydrogen) atoms. The molecule has 1 heterocycles. The van der Waals surface area contributed by atoms with Crippen LogP contribution in [0.3, 0.4) is 0 Å². The molecule has 1 aromatic rings. The summed E-state index contributed by atoms with van der Waals surface area (Å²) >= 11 is 0. The molecule has 1 aromatic carbocycles. The summed E-state index contributed by atoms with van der Waals surface area (Å²) in [5, 5.41) is 9.81. The normalized spacial score (nSPS) is 40.1. The van der Waals surface area contributed by atoms with Crippen molar-refractivity contribution in [3.63, 3.8) is 0 Å². The Bertz CT molecular complexity index is 846. The second-order valence-corrected chi connectivity index (χ2v) is 13.0. The second-order valence-electron chi connectivity index (χ2n) is 13.0. The van der Waals surface area contributed by atoms with Crippen LogP contribution in [0.4, 0.5) is 0 Å². The molecule has 0 aromatic heterocycles. The predicted octanol–water partition coefficient (Wildman–Crippen LogP) is 6.88. The summed E-state index contributed by atoms with van der Waals surface area (Å²) in [6.07, 6.45) is 14.5. The van der Waals surface area contributed by atoms with Crippen molar-refractivity contribution in [3.8, 4) is 5.75 Å². The minimum Gasteiger partial charge on any atom is -0.494 e. The molecule has 2 atom stereocenters. The average Bonchev–Trinajstić information content (AvgIpc) is 3.18. The highest BCUT2D eigenvalue weighted by molar-refractivity contribution is 5.30. The molecule has 194 valence electrons. The first kappa shape index (κ1) is 24.2. The highest BCUT2D eigenvalue weighted by atomic mass is 17.3. The molecule has 1 unspecified atom stereocenters. The molecule has 1 N–H and O–H groups in total. The SMILES string of the molecule is CC(C)(O)CCCCCOc1ccc(C2CCC[C@]3(C2)OOC2(O3)C3CC4CC(C3)CC2C4)cc1. The van der Waals surface area contributed by atoms with Crippen LogP contribution in [0.2, 0.25) is 0 Å². The summed E-state index contributed by atoms with van der Waals surface area (Å²) in [6, 6.07) is 8.67. The van der Waals surface area contributed by atoms with E-state index in [4.69, 9.17) is 19.2 Å². The minimum atomic E-state index is -0.573. The van der Waals surface area contributed by atoms with Gasteiger partial charge in [0.2, 0.25) is 11.6 Å². The van der Waals surface area contributed by atoms with E-state index in [9.17, 15) is 5.11 Å². The van der Waals surface area contributed by atoms with Gasteiger partial charge >= 0.3 is 0 Å². The third-order valence-corrected chi connectivity index (χ3v) is 9.67. The van der Waals surface area contributed by atoms with Crippen LogP contribution in [0.15, 0.2) is 24.3 Å². The molecule has 0 amide bonds. The molecule has 2 spiro atoms. The molecule has 0 radical (unpaired) electrons. The van der Waals surface area contributed by atoms with Gasteiger partial charge in [0.15, 0.2) is 0 Å². The lowest BCUT2D eigenvalue weighted by Crippen LogP contribution is -2.59. The van der Waals surface area contributed by atoms with E-state index in [-0.39, 0.29) is 0 Å². The molecule has 5 nitrogen and oxygen atoms in total. The van der Waals surface area contributed by atoms with Gasteiger partial charge in [-0.1, -0.05) is 18.6 Å². The van der Waals surface area contributed by atoms with Crippen LogP contribution >= 0.6 is 0 Å². The van der Waals surface area contributed by atoms with E-state index in [1.807, 2.05) is 13.8 Å². The quantitative estimate of drug-likeness (QED) is 0.322. The van der Waals surface area contributed by atoms with Gasteiger partial charge in [-0.05, 0) is 114 Å². The van der Waals surface area contributed by atoms with Crippen LogP contribution in [0.1, 0.15) is 109 Å². The highest BCUT2D eigenvalue weighted by Gasteiger charge is 2.67. The van der Waals surface area contributed by atoms with Gasteiger partial charge in [0, 0.05) is 24.7 Å². The van der Waals surface area contributed by atoms with Crippen LogP contribution in [-0.4, -0.2) is 28.9 Å². The van der Waals surface area contributed by atoms with E-state index in [1.165, 1.54) is 44.1 Å². The largest absolute Gasteiger partial charge is 0.494 e. The fourth-order valence-electron chi connectivity index (χ4n) is 8.12. The van der Waals surface area contributed by atoms with E-state index >= 15 is 0 Å². The van der Waals surface area contributed by atoms with E-state index in [0.29, 0.717) is 17.8 Å². The minimum absolute atomic E-state index is 0.426. The third kappa shape index (κ3) is 4.91. The Labute approximate surface area is 210 Å². The first-order valence-electron chi connectivity index (χ1n) is 14.3. The number of ether oxygens (including phenoxy) is 2. The first-order valence-corrected chi connectivity index (χ1v) is 14.3. The lowest BCUT2D eigenvalue weighted by molar-refractivity contribution is -0.390. The summed E-state index contributed by atoms with van der Waals surface area (Å²) < 4.78 is 12.9. The Morgan fingerprint density at radius 3 is 2.34 bits per heavy atom. The van der Waals surface area contributed by atoms with Gasteiger partial charge in [0.1, 0.15) is 5.75 Å². The van der Waals surface area contributed by atoms with Gasteiger partial charge in [0.25, 0.3) is 0 Å². The van der Waals surface area contributed by atoms with E-state index in [1.54, 1.807) is 0 Å². The number of rotatable bonds is 8. The predicted molar refractivity (Wildman–Crippen MR) is 134 cm³/mol. The fourth-order valence-corrected chi connectivity index (χ4v) is 8.12. The van der Waals surface area contributed by atoms with Crippen molar-refractivity contribution < 1.29 is 24.4 Å². The number of hydrogen-bond acceptors (Lipinski definition) is 5. The maximum absolute atomic E-state index is 9.81. The molecular formula is C30H44O5. The Balaban J connectivity index is 1.03. The van der Waals surface area contributed by atoms with Crippen molar-refractivity contribution in [2.24, 2.45) is 23.7 Å². The summed E-state index contributed by atoms with van der Waals surface area (Å²) in [7, 11) is 0. The van der Waals surface area contributed by atoms with Crippen LogP contribution in [0, 0.1) is 23.7 Å². The fraction of sp³-hybridized carbons (Fsp3) is 0.800. The molecule has 7 rings (SSSR count). The molecule has 5 heteroatoms. The Morgan fingerprint density at radius 1 is 0.943 bits per heavy atom. The van der Waals surface area contributed by atoms with Crippen molar-refractivity contribution >= 4 is 0 Å². The zero-order valence-corrected chi connectivity index (χ0v) is 21.7. The molecular weight excluding hydrogens is 440 g/mol. The lowest BCUT2D eigenvalue weighted by Gasteiger charge is -2.57. The van der Waals surface area contributed by atoms with Crippen LogP contribution < -0.4 is 4.74 Å². The maximum Gasteiger partial charge on any atom is 0.210 e. The smallest absolute Gasteiger partial charge is 0.210 e. The Morgan fingerprint density at radius 2 is 1.66 bits per heavy atom. The van der Waals surface area contributed by atoms with Crippen molar-refractivity contribution in [1.82, 2.24) is 0 Å². The third-order valence-electron chi connectivity index (χ3n) is 9.67. The molecule has 6 fully saturated rings. The standard InChI is InChI=1S/C30H44O5/c1-28(2,31)12-4-3-5-14-32-27-10-8-23(9-11-27)24-7-6-13-29(20-24)33-30(35-34-29)25-16-21-15-22(18-25)19-26(30)17-21/h8-11,21-22,24-26,31H,3-7,12-20H2,1-2H3/t21?,22?,24?,25?,26?,29-,30?/m1/s1. The number of aliphatic hydroxyl groups is 1. The van der Waals surface area contributed by atoms with Gasteiger partial charge in [-0.15, -0.1) is 0 Å². The van der Waals surface area contributed by atoms with Gasteiger partial charge in [-0.25, -0.2) is 0 Å². The van der Waals surface area contributed by atoms with Crippen LogP contribution in [0.25, 0.3) is 0 Å². The zero-order chi connectivity index (χ0) is 24.1. The van der Waals surface area contributed by atoms with Crippen LogP contribution in [-0.2, 0) is 14.5 Å². The van der Waals surface area contributed by atoms with Crippen molar-refractivity contribution in [3.05, 3.63) is 29.8 Å². The van der Waals surface area contributed by atoms with E-state index in [2.05, 4.69) is 24.3 Å². The maximum atomic E-state index is 9.81. The van der Waals surface area contributed by atoms with Crippen LogP contribution in [0.5, 0.6) is 5.75 Å². The summed E-state index contributed by atoms with van der Waals surface area (Å²) in [4.78, 5) is 12.4. The van der Waals surface area contributed by atoms with Crippen molar-refractivity contribution in [2.45, 2.75) is 120 Å². The Hall–Kier alpha value is -1.14. The second kappa shape index (κ2) is 9.31. The molecule has 5 saturated carbocycles. The molecule has 1 saturated heterocycles. The number of benzene rings is 1. The topological polar surface area (TPSA) is 57.2 Å². The van der Waals surface area contributed by atoms with Gasteiger partial charge in [0.05, 0.1) is 12.2 Å². The summed E-state index contributed by atoms with van der Waals surface area (Å²) in [5.41, 5.74) is 0.783. The first-order chi connectivity index (χ1) is 16.8. The monoisotopic (exact) mass is 484 g/mol. The summed E-state index contributed by atoms with van der Waals surface area (Å²) in [6.45, 7) is 4.47. The summed E-state index contributed by atoms with van der Waals surface area (Å²) in [5.74, 6) is 3.13. The molecule has 4 bridgehead atoms. The average molecular weight is 485 g/mol. The lowest BCUT2D eigenvalue weighted by atomic mass is 9.53. The number of unbranched alkanes of at least 4 members (excludes halogenated alkanes) is 2. The zero-order valence-electron chi connectivity index (χ0n) is 21.7. The molecule has 1 aliphatic heterocycles. The van der Waals surface area contributed by atoms with E-state index < -0.39 is 17.2 Å². The van der Waals surface area contributed by atoms with Gasteiger partial charge in [-0.2, -0.15) is 9.78 Å². The van der Waals surface area contributed by atoms with Crippen molar-refractivity contribution in [1.29, 1.82) is 0 Å². The van der Waals surface area contributed by atoms with Crippen molar-refractivity contribution in [2.75, 3.05) is 6.61 Å². The highest BCUT2D eigenvalue weighted by Crippen LogP contribution is 2.64. The molecule has 5 aliphatic carbocycles. The van der Waals surface area contributed by atoms with E-state index in [0.717, 1.165) is 69.1 Å². The Kier molecular flexibility index (Phi) is 6.44. The van der Waals surface area contributed by atoms with Gasteiger partial charge < -0.3 is 14.6 Å². The molecule has 6 aliphatic rings. The number of hydrogen-bond donors (Lipinski definition) is 1. The van der Waals surface area contributed by atoms with Gasteiger partial charge in [-0.3, -0.25) is 0 Å².